The van der Waals surface area contributed by atoms with Gasteiger partial charge in [-0.15, -0.1) is 11.8 Å². The molecule has 0 aromatic rings. The molecule has 1 atom stereocenters. The Hall–Kier alpha value is -0.640. The zero-order valence-corrected chi connectivity index (χ0v) is 6.35. The molecule has 4 heteroatoms. The maximum absolute atomic E-state index is 10.3. The van der Waals surface area contributed by atoms with Crippen LogP contribution in [0.25, 0.3) is 0 Å². The summed E-state index contributed by atoms with van der Waals surface area (Å²) in [6.45, 7) is 0. The van der Waals surface area contributed by atoms with E-state index in [0.29, 0.717) is 6.42 Å². The topological polar surface area (TPSA) is 46.5 Å². The van der Waals surface area contributed by atoms with Crippen molar-refractivity contribution in [3.8, 4) is 0 Å². The lowest BCUT2D eigenvalue weighted by Gasteiger charge is -2.06. The van der Waals surface area contributed by atoms with Gasteiger partial charge in [0.05, 0.1) is 0 Å². The lowest BCUT2D eigenvalue weighted by Crippen LogP contribution is -2.05. The summed E-state index contributed by atoms with van der Waals surface area (Å²) in [5.41, 5.74) is 0.00565. The van der Waals surface area contributed by atoms with Crippen molar-refractivity contribution in [1.29, 1.82) is 0 Å². The van der Waals surface area contributed by atoms with Gasteiger partial charge in [0.2, 0.25) is 5.76 Å². The highest BCUT2D eigenvalue weighted by Crippen LogP contribution is 2.24. The van der Waals surface area contributed by atoms with Crippen LogP contribution in [-0.2, 0) is 9.53 Å². The fourth-order valence-electron chi connectivity index (χ4n) is 0.723. The van der Waals surface area contributed by atoms with Crippen LogP contribution < -0.4 is 0 Å². The number of rotatable bonds is 2. The molecule has 0 bridgehead atoms. The van der Waals surface area contributed by atoms with Gasteiger partial charge in [0.15, 0.2) is 0 Å². The molecule has 1 aliphatic rings. The smallest absolute Gasteiger partial charge is 0.370 e. The predicted molar refractivity (Wildman–Crippen MR) is 38.7 cm³/mol. The van der Waals surface area contributed by atoms with Gasteiger partial charge in [0, 0.05) is 6.42 Å². The standard InChI is InChI=1S/C6H8O3S/c1-10-5-3-2-4(9-5)6(7)8/h2,5H,3H2,1H3,(H,7,8). The maximum Gasteiger partial charge on any atom is 0.370 e. The zero-order chi connectivity index (χ0) is 7.56. The van der Waals surface area contributed by atoms with E-state index in [0.717, 1.165) is 0 Å². The fourth-order valence-corrected chi connectivity index (χ4v) is 1.21. The van der Waals surface area contributed by atoms with Crippen LogP contribution in [0.4, 0.5) is 0 Å². The summed E-state index contributed by atoms with van der Waals surface area (Å²) in [6.07, 6.45) is 4.19. The van der Waals surface area contributed by atoms with E-state index in [2.05, 4.69) is 0 Å². The van der Waals surface area contributed by atoms with Gasteiger partial charge >= 0.3 is 5.97 Å². The first-order valence-corrected chi connectivity index (χ1v) is 4.15. The number of aliphatic carboxylic acids is 1. The van der Waals surface area contributed by atoms with Crippen molar-refractivity contribution in [2.24, 2.45) is 0 Å². The van der Waals surface area contributed by atoms with Crippen LogP contribution in [0.15, 0.2) is 11.8 Å². The van der Waals surface area contributed by atoms with Crippen LogP contribution in [0.5, 0.6) is 0 Å². The molecule has 0 fully saturated rings. The highest BCUT2D eigenvalue weighted by atomic mass is 32.2. The fraction of sp³-hybridized carbons (Fsp3) is 0.500. The largest absolute Gasteiger partial charge is 0.475 e. The summed E-state index contributed by atoms with van der Waals surface area (Å²) in [7, 11) is 0. The summed E-state index contributed by atoms with van der Waals surface area (Å²) in [5, 5.41) is 8.42. The minimum Gasteiger partial charge on any atom is -0.475 e. The van der Waals surface area contributed by atoms with Crippen molar-refractivity contribution in [2.45, 2.75) is 11.9 Å². The summed E-state index contributed by atoms with van der Waals surface area (Å²) >= 11 is 1.52. The van der Waals surface area contributed by atoms with Crippen LogP contribution in [0.1, 0.15) is 6.42 Å². The molecule has 1 unspecified atom stereocenters. The summed E-state index contributed by atoms with van der Waals surface area (Å²) < 4.78 is 5.00. The monoisotopic (exact) mass is 160 g/mol. The molecule has 0 saturated carbocycles. The SMILES string of the molecule is CSC1CC=C(C(=O)O)O1. The Morgan fingerprint density at radius 1 is 2.00 bits per heavy atom. The molecule has 1 rings (SSSR count). The zero-order valence-electron chi connectivity index (χ0n) is 5.53. The Balaban J connectivity index is 2.47. The molecule has 0 saturated heterocycles. The minimum atomic E-state index is -0.975. The van der Waals surface area contributed by atoms with Gasteiger partial charge in [-0.3, -0.25) is 0 Å². The summed E-state index contributed by atoms with van der Waals surface area (Å²) in [4.78, 5) is 10.3. The number of hydrogen-bond acceptors (Lipinski definition) is 3. The Morgan fingerprint density at radius 3 is 3.00 bits per heavy atom. The summed E-state index contributed by atoms with van der Waals surface area (Å²) in [6, 6.07) is 0. The van der Waals surface area contributed by atoms with Crippen LogP contribution in [0.3, 0.4) is 0 Å². The van der Waals surface area contributed by atoms with Crippen LogP contribution in [-0.4, -0.2) is 22.8 Å². The number of carboxylic acid groups (broad SMARTS) is 1. The third kappa shape index (κ3) is 1.44. The molecule has 0 aromatic carbocycles. The van der Waals surface area contributed by atoms with E-state index in [4.69, 9.17) is 9.84 Å². The van der Waals surface area contributed by atoms with E-state index < -0.39 is 5.97 Å². The molecule has 0 aliphatic carbocycles. The molecule has 1 N–H and O–H groups in total. The van der Waals surface area contributed by atoms with E-state index in [9.17, 15) is 4.79 Å². The normalized spacial score (nSPS) is 23.7. The number of thioether (sulfide) groups is 1. The Bertz CT molecular complexity index is 176. The maximum atomic E-state index is 10.3. The van der Waals surface area contributed by atoms with E-state index in [1.807, 2.05) is 6.26 Å². The van der Waals surface area contributed by atoms with Crippen LogP contribution in [0.2, 0.25) is 0 Å². The van der Waals surface area contributed by atoms with Crippen molar-refractivity contribution in [3.05, 3.63) is 11.8 Å². The first-order valence-electron chi connectivity index (χ1n) is 2.87. The first kappa shape index (κ1) is 7.47. The Labute approximate surface area is 63.1 Å². The van der Waals surface area contributed by atoms with Crippen molar-refractivity contribution < 1.29 is 14.6 Å². The molecular formula is C6H8O3S. The van der Waals surface area contributed by atoms with Crippen molar-refractivity contribution in [1.82, 2.24) is 0 Å². The van der Waals surface area contributed by atoms with Gasteiger partial charge < -0.3 is 9.84 Å². The molecule has 0 amide bonds. The van der Waals surface area contributed by atoms with Gasteiger partial charge in [-0.1, -0.05) is 0 Å². The second-order valence-electron chi connectivity index (χ2n) is 1.89. The number of hydrogen-bond donors (Lipinski definition) is 1. The molecule has 10 heavy (non-hydrogen) atoms. The van der Waals surface area contributed by atoms with Gasteiger partial charge in [-0.2, -0.15) is 0 Å². The average Bonchev–Trinajstić information content (AvgIpc) is 2.34. The number of carbonyl (C=O) groups is 1. The quantitative estimate of drug-likeness (QED) is 0.656. The Kier molecular flexibility index (Phi) is 2.21. The van der Waals surface area contributed by atoms with E-state index in [-0.39, 0.29) is 11.2 Å². The van der Waals surface area contributed by atoms with Gasteiger partial charge in [0.1, 0.15) is 5.44 Å². The third-order valence-corrected chi connectivity index (χ3v) is 2.04. The molecule has 0 radical (unpaired) electrons. The average molecular weight is 160 g/mol. The van der Waals surface area contributed by atoms with E-state index in [1.165, 1.54) is 11.8 Å². The predicted octanol–water partition coefficient (Wildman–Crippen LogP) is 1.06. The number of carboxylic acids is 1. The molecule has 0 aromatic heterocycles. The van der Waals surface area contributed by atoms with Crippen LogP contribution in [0, 0.1) is 0 Å². The molecule has 3 nitrogen and oxygen atoms in total. The van der Waals surface area contributed by atoms with Crippen LogP contribution >= 0.6 is 11.8 Å². The number of ether oxygens (including phenoxy) is 1. The molecule has 56 valence electrons. The van der Waals surface area contributed by atoms with Crippen molar-refractivity contribution in [3.63, 3.8) is 0 Å². The molecule has 0 spiro atoms. The van der Waals surface area contributed by atoms with Gasteiger partial charge in [-0.05, 0) is 12.3 Å². The highest BCUT2D eigenvalue weighted by Gasteiger charge is 2.21. The first-order chi connectivity index (χ1) is 4.74. The Morgan fingerprint density at radius 2 is 2.70 bits per heavy atom. The van der Waals surface area contributed by atoms with E-state index >= 15 is 0 Å². The second kappa shape index (κ2) is 2.96. The summed E-state index contributed by atoms with van der Waals surface area (Å²) in [5.74, 6) is -0.893. The third-order valence-electron chi connectivity index (χ3n) is 1.23. The lowest BCUT2D eigenvalue weighted by atomic mass is 10.4. The second-order valence-corrected chi connectivity index (χ2v) is 2.89. The van der Waals surface area contributed by atoms with Crippen molar-refractivity contribution >= 4 is 17.7 Å². The van der Waals surface area contributed by atoms with E-state index in [1.54, 1.807) is 6.08 Å². The molecule has 1 aliphatic heterocycles. The van der Waals surface area contributed by atoms with Gasteiger partial charge in [-0.25, -0.2) is 4.79 Å². The lowest BCUT2D eigenvalue weighted by molar-refractivity contribution is -0.136. The minimum absolute atomic E-state index is 0.00565. The van der Waals surface area contributed by atoms with Crippen molar-refractivity contribution in [2.75, 3.05) is 6.26 Å². The molecular weight excluding hydrogens is 152 g/mol. The molecule has 1 heterocycles. The van der Waals surface area contributed by atoms with Gasteiger partial charge in [0.25, 0.3) is 0 Å². The highest BCUT2D eigenvalue weighted by molar-refractivity contribution is 7.99.